The van der Waals surface area contributed by atoms with E-state index in [1.54, 1.807) is 30.3 Å². The highest BCUT2D eigenvalue weighted by Crippen LogP contribution is 2.31. The number of ether oxygens (including phenoxy) is 1. The first-order chi connectivity index (χ1) is 7.65. The van der Waals surface area contributed by atoms with Crippen molar-refractivity contribution in [3.8, 4) is 11.5 Å². The molecule has 0 heterocycles. The molecular weight excluding hydrogens is 266 g/mol. The maximum absolute atomic E-state index is 5.96. The lowest BCUT2D eigenvalue weighted by atomic mass is 10.3. The van der Waals surface area contributed by atoms with Crippen LogP contribution in [0.2, 0.25) is 15.1 Å². The summed E-state index contributed by atoms with van der Waals surface area (Å²) in [5, 5.41) is 1.59. The van der Waals surface area contributed by atoms with Gasteiger partial charge in [0.05, 0.1) is 5.02 Å². The summed E-state index contributed by atoms with van der Waals surface area (Å²) in [6, 6.07) is 12.2. The van der Waals surface area contributed by atoms with E-state index in [1.165, 1.54) is 0 Å². The molecule has 0 N–H and O–H groups in total. The Morgan fingerprint density at radius 2 is 1.44 bits per heavy atom. The molecule has 2 aromatic carbocycles. The summed E-state index contributed by atoms with van der Waals surface area (Å²) in [7, 11) is 0. The molecule has 0 fully saturated rings. The van der Waals surface area contributed by atoms with Crippen molar-refractivity contribution < 1.29 is 4.74 Å². The molecule has 0 aromatic heterocycles. The highest BCUT2D eigenvalue weighted by molar-refractivity contribution is 6.34. The molecule has 0 aliphatic carbocycles. The second-order valence-electron chi connectivity index (χ2n) is 3.14. The van der Waals surface area contributed by atoms with Gasteiger partial charge in [-0.3, -0.25) is 0 Å². The molecule has 0 atom stereocenters. The fourth-order valence-electron chi connectivity index (χ4n) is 1.24. The Labute approximate surface area is 109 Å². The van der Waals surface area contributed by atoms with Gasteiger partial charge in [0.2, 0.25) is 0 Å². The number of halogens is 3. The summed E-state index contributed by atoms with van der Waals surface area (Å²) in [6.45, 7) is 0. The molecule has 0 bridgehead atoms. The van der Waals surface area contributed by atoms with Crippen molar-refractivity contribution in [2.45, 2.75) is 0 Å². The smallest absolute Gasteiger partial charge is 0.146 e. The average Bonchev–Trinajstić information content (AvgIpc) is 2.20. The zero-order chi connectivity index (χ0) is 11.5. The zero-order valence-corrected chi connectivity index (χ0v) is 10.4. The third-order valence-electron chi connectivity index (χ3n) is 1.90. The van der Waals surface area contributed by atoms with Crippen LogP contribution in [0.4, 0.5) is 0 Å². The predicted molar refractivity (Wildman–Crippen MR) is 68.0 cm³/mol. The molecule has 0 amide bonds. The van der Waals surface area contributed by atoms with E-state index in [0.29, 0.717) is 26.6 Å². The molecule has 0 saturated heterocycles. The Morgan fingerprint density at radius 3 is 2.06 bits per heavy atom. The first-order valence-electron chi connectivity index (χ1n) is 4.53. The van der Waals surface area contributed by atoms with Crippen LogP contribution in [0.5, 0.6) is 11.5 Å². The number of para-hydroxylation sites is 1. The first-order valence-corrected chi connectivity index (χ1v) is 5.67. The van der Waals surface area contributed by atoms with E-state index in [2.05, 4.69) is 0 Å². The van der Waals surface area contributed by atoms with E-state index in [0.717, 1.165) is 0 Å². The minimum atomic E-state index is 0.523. The van der Waals surface area contributed by atoms with Gasteiger partial charge in [0.25, 0.3) is 0 Å². The molecule has 0 unspecified atom stereocenters. The fraction of sp³-hybridized carbons (Fsp3) is 0. The predicted octanol–water partition coefficient (Wildman–Crippen LogP) is 5.44. The summed E-state index contributed by atoms with van der Waals surface area (Å²) < 4.78 is 5.57. The standard InChI is InChI=1S/C12H7Cl3O/c13-8-5-9(14)7-10(6-8)16-12-4-2-1-3-11(12)15/h1-7H. The molecular formula is C12H7Cl3O. The van der Waals surface area contributed by atoms with Gasteiger partial charge in [-0.05, 0) is 30.3 Å². The Balaban J connectivity index is 2.30. The van der Waals surface area contributed by atoms with Crippen molar-refractivity contribution in [3.63, 3.8) is 0 Å². The SMILES string of the molecule is Clc1cc(Cl)cc(Oc2ccccc2Cl)c1. The van der Waals surface area contributed by atoms with E-state index in [9.17, 15) is 0 Å². The third kappa shape index (κ3) is 2.82. The van der Waals surface area contributed by atoms with E-state index < -0.39 is 0 Å². The van der Waals surface area contributed by atoms with Crippen molar-refractivity contribution in [2.75, 3.05) is 0 Å². The van der Waals surface area contributed by atoms with E-state index >= 15 is 0 Å². The number of hydrogen-bond donors (Lipinski definition) is 0. The summed E-state index contributed by atoms with van der Waals surface area (Å²) in [4.78, 5) is 0. The zero-order valence-electron chi connectivity index (χ0n) is 8.08. The van der Waals surface area contributed by atoms with Gasteiger partial charge in [0, 0.05) is 10.0 Å². The molecule has 82 valence electrons. The van der Waals surface area contributed by atoms with Crippen LogP contribution in [-0.2, 0) is 0 Å². The van der Waals surface area contributed by atoms with Gasteiger partial charge in [0.15, 0.2) is 0 Å². The summed E-state index contributed by atoms with van der Waals surface area (Å²) in [6.07, 6.45) is 0. The van der Waals surface area contributed by atoms with Gasteiger partial charge in [0.1, 0.15) is 11.5 Å². The van der Waals surface area contributed by atoms with Gasteiger partial charge in [-0.1, -0.05) is 46.9 Å². The van der Waals surface area contributed by atoms with Crippen LogP contribution >= 0.6 is 34.8 Å². The van der Waals surface area contributed by atoms with Gasteiger partial charge < -0.3 is 4.74 Å². The molecule has 0 aliphatic rings. The van der Waals surface area contributed by atoms with E-state index in [1.807, 2.05) is 12.1 Å². The lowest BCUT2D eigenvalue weighted by molar-refractivity contribution is 0.483. The molecule has 0 aliphatic heterocycles. The normalized spacial score (nSPS) is 10.2. The highest BCUT2D eigenvalue weighted by Gasteiger charge is 2.03. The lowest BCUT2D eigenvalue weighted by Gasteiger charge is -2.07. The highest BCUT2D eigenvalue weighted by atomic mass is 35.5. The van der Waals surface area contributed by atoms with Crippen molar-refractivity contribution in [3.05, 3.63) is 57.5 Å². The molecule has 2 aromatic rings. The molecule has 0 spiro atoms. The van der Waals surface area contributed by atoms with Gasteiger partial charge in [-0.2, -0.15) is 0 Å². The van der Waals surface area contributed by atoms with Crippen molar-refractivity contribution in [1.29, 1.82) is 0 Å². The molecule has 2 rings (SSSR count). The summed E-state index contributed by atoms with van der Waals surface area (Å²) in [5.74, 6) is 1.13. The van der Waals surface area contributed by atoms with Crippen LogP contribution < -0.4 is 4.74 Å². The molecule has 0 radical (unpaired) electrons. The van der Waals surface area contributed by atoms with Crippen molar-refractivity contribution >= 4 is 34.8 Å². The van der Waals surface area contributed by atoms with Gasteiger partial charge >= 0.3 is 0 Å². The van der Waals surface area contributed by atoms with Crippen LogP contribution in [0.1, 0.15) is 0 Å². The van der Waals surface area contributed by atoms with Crippen LogP contribution in [0, 0.1) is 0 Å². The Kier molecular flexibility index (Phi) is 3.59. The van der Waals surface area contributed by atoms with Crippen molar-refractivity contribution in [2.24, 2.45) is 0 Å². The van der Waals surface area contributed by atoms with Crippen LogP contribution in [0.15, 0.2) is 42.5 Å². The van der Waals surface area contributed by atoms with Crippen LogP contribution in [-0.4, -0.2) is 0 Å². The Morgan fingerprint density at radius 1 is 0.812 bits per heavy atom. The Bertz CT molecular complexity index is 491. The molecule has 4 heteroatoms. The number of rotatable bonds is 2. The third-order valence-corrected chi connectivity index (χ3v) is 2.65. The van der Waals surface area contributed by atoms with Crippen molar-refractivity contribution in [1.82, 2.24) is 0 Å². The minimum absolute atomic E-state index is 0.523. The fourth-order valence-corrected chi connectivity index (χ4v) is 1.92. The van der Waals surface area contributed by atoms with Gasteiger partial charge in [-0.15, -0.1) is 0 Å². The Hall–Kier alpha value is -0.890. The lowest BCUT2D eigenvalue weighted by Crippen LogP contribution is -1.85. The monoisotopic (exact) mass is 272 g/mol. The average molecular weight is 274 g/mol. The molecule has 0 saturated carbocycles. The number of benzene rings is 2. The van der Waals surface area contributed by atoms with E-state index in [4.69, 9.17) is 39.5 Å². The minimum Gasteiger partial charge on any atom is -0.456 e. The van der Waals surface area contributed by atoms with Crippen LogP contribution in [0.3, 0.4) is 0 Å². The second kappa shape index (κ2) is 4.96. The topological polar surface area (TPSA) is 9.23 Å². The first kappa shape index (κ1) is 11.6. The van der Waals surface area contributed by atoms with Gasteiger partial charge in [-0.25, -0.2) is 0 Å². The molecule has 16 heavy (non-hydrogen) atoms. The second-order valence-corrected chi connectivity index (χ2v) is 4.42. The maximum Gasteiger partial charge on any atom is 0.146 e. The molecule has 1 nitrogen and oxygen atoms in total. The van der Waals surface area contributed by atoms with Crippen LogP contribution in [0.25, 0.3) is 0 Å². The maximum atomic E-state index is 5.96. The summed E-state index contributed by atoms with van der Waals surface area (Å²) >= 11 is 17.7. The van der Waals surface area contributed by atoms with E-state index in [-0.39, 0.29) is 0 Å². The summed E-state index contributed by atoms with van der Waals surface area (Å²) in [5.41, 5.74) is 0. The largest absolute Gasteiger partial charge is 0.456 e. The number of hydrogen-bond acceptors (Lipinski definition) is 1. The quantitative estimate of drug-likeness (QED) is 0.708.